The first kappa shape index (κ1) is 11.9. The highest BCUT2D eigenvalue weighted by Crippen LogP contribution is 2.16. The lowest BCUT2D eigenvalue weighted by molar-refractivity contribution is 0.192. The third-order valence-electron chi connectivity index (χ3n) is 1.86. The van der Waals surface area contributed by atoms with E-state index >= 15 is 0 Å². The van der Waals surface area contributed by atoms with Crippen molar-refractivity contribution in [2.45, 2.75) is 25.2 Å². The second-order valence-corrected chi connectivity index (χ2v) is 4.86. The lowest BCUT2D eigenvalue weighted by Gasteiger charge is -2.04. The van der Waals surface area contributed by atoms with E-state index in [1.807, 2.05) is 43.0 Å². The van der Waals surface area contributed by atoms with E-state index in [-0.39, 0.29) is 6.10 Å². The Balaban J connectivity index is 2.21. The van der Waals surface area contributed by atoms with Crippen LogP contribution in [0.25, 0.3) is 0 Å². The molecule has 1 rings (SSSR count). The van der Waals surface area contributed by atoms with Crippen LogP contribution in [0.2, 0.25) is 5.02 Å². The number of halogens is 1. The summed E-state index contributed by atoms with van der Waals surface area (Å²) in [5.74, 6) is 1.99. The molecule has 0 saturated heterocycles. The molecule has 1 aromatic rings. The molecule has 78 valence electrons. The van der Waals surface area contributed by atoms with Crippen LogP contribution in [-0.2, 0) is 5.75 Å². The third-order valence-corrected chi connectivity index (χ3v) is 3.18. The first-order valence-electron chi connectivity index (χ1n) is 4.69. The smallest absolute Gasteiger partial charge is 0.0520 e. The van der Waals surface area contributed by atoms with Crippen molar-refractivity contribution in [3.8, 4) is 0 Å². The summed E-state index contributed by atoms with van der Waals surface area (Å²) in [5, 5.41) is 9.84. The number of benzene rings is 1. The van der Waals surface area contributed by atoms with E-state index in [9.17, 15) is 0 Å². The molecule has 3 heteroatoms. The molecule has 1 atom stereocenters. The summed E-state index contributed by atoms with van der Waals surface area (Å²) in [6.07, 6.45) is 0.672. The summed E-state index contributed by atoms with van der Waals surface area (Å²) in [4.78, 5) is 0. The van der Waals surface area contributed by atoms with Crippen LogP contribution in [0, 0.1) is 0 Å². The van der Waals surface area contributed by atoms with Crippen molar-refractivity contribution in [2.24, 2.45) is 0 Å². The van der Waals surface area contributed by atoms with Crippen molar-refractivity contribution in [2.75, 3.05) is 5.75 Å². The average molecular weight is 231 g/mol. The minimum absolute atomic E-state index is 0.187. The predicted molar refractivity (Wildman–Crippen MR) is 63.9 cm³/mol. The summed E-state index contributed by atoms with van der Waals surface area (Å²) in [6.45, 7) is 1.82. The number of thioether (sulfide) groups is 1. The van der Waals surface area contributed by atoms with E-state index in [0.717, 1.165) is 22.9 Å². The maximum atomic E-state index is 9.06. The molecule has 0 amide bonds. The number of hydrogen-bond acceptors (Lipinski definition) is 2. The molecule has 0 aliphatic rings. The predicted octanol–water partition coefficient (Wildman–Crippen LogP) is 3.34. The van der Waals surface area contributed by atoms with Gasteiger partial charge in [-0.2, -0.15) is 11.8 Å². The monoisotopic (exact) mass is 230 g/mol. The number of aliphatic hydroxyl groups excluding tert-OH is 1. The van der Waals surface area contributed by atoms with Gasteiger partial charge in [0.15, 0.2) is 0 Å². The lowest BCUT2D eigenvalue weighted by Crippen LogP contribution is -2.00. The third kappa shape index (κ3) is 4.89. The lowest BCUT2D eigenvalue weighted by atomic mass is 10.2. The Hall–Kier alpha value is -0.180. The molecule has 0 spiro atoms. The molecule has 0 saturated carbocycles. The minimum Gasteiger partial charge on any atom is -0.393 e. The Labute approximate surface area is 94.5 Å². The van der Waals surface area contributed by atoms with Crippen LogP contribution in [-0.4, -0.2) is 17.0 Å². The highest BCUT2D eigenvalue weighted by Gasteiger charge is 1.97. The second kappa shape index (κ2) is 6.33. The van der Waals surface area contributed by atoms with E-state index in [1.165, 1.54) is 5.56 Å². The number of hydrogen-bond donors (Lipinski definition) is 1. The molecule has 1 N–H and O–H groups in total. The Bertz CT molecular complexity index is 258. The zero-order chi connectivity index (χ0) is 10.4. The van der Waals surface area contributed by atoms with Crippen molar-refractivity contribution in [3.05, 3.63) is 34.9 Å². The van der Waals surface area contributed by atoms with Crippen LogP contribution in [0.3, 0.4) is 0 Å². The van der Waals surface area contributed by atoms with Gasteiger partial charge in [0.25, 0.3) is 0 Å². The minimum atomic E-state index is -0.187. The van der Waals surface area contributed by atoms with Crippen LogP contribution in [0.5, 0.6) is 0 Å². The fourth-order valence-electron chi connectivity index (χ4n) is 1.02. The van der Waals surface area contributed by atoms with Crippen LogP contribution >= 0.6 is 23.4 Å². The Morgan fingerprint density at radius 3 is 2.57 bits per heavy atom. The quantitative estimate of drug-likeness (QED) is 0.783. The van der Waals surface area contributed by atoms with Gasteiger partial charge in [-0.05, 0) is 36.8 Å². The second-order valence-electron chi connectivity index (χ2n) is 3.32. The zero-order valence-corrected chi connectivity index (χ0v) is 9.81. The van der Waals surface area contributed by atoms with Gasteiger partial charge >= 0.3 is 0 Å². The topological polar surface area (TPSA) is 20.2 Å². The van der Waals surface area contributed by atoms with Crippen LogP contribution in [0.4, 0.5) is 0 Å². The first-order chi connectivity index (χ1) is 6.68. The van der Waals surface area contributed by atoms with Crippen LogP contribution in [0.15, 0.2) is 24.3 Å². The van der Waals surface area contributed by atoms with Gasteiger partial charge in [-0.3, -0.25) is 0 Å². The molecular formula is C11H15ClOS. The van der Waals surface area contributed by atoms with Crippen LogP contribution in [0.1, 0.15) is 18.9 Å². The van der Waals surface area contributed by atoms with Gasteiger partial charge in [0.1, 0.15) is 0 Å². The van der Waals surface area contributed by atoms with Gasteiger partial charge in [-0.25, -0.2) is 0 Å². The maximum Gasteiger partial charge on any atom is 0.0520 e. The molecule has 0 aromatic heterocycles. The van der Waals surface area contributed by atoms with E-state index in [0.29, 0.717) is 0 Å². The normalized spacial score (nSPS) is 12.8. The summed E-state index contributed by atoms with van der Waals surface area (Å²) in [7, 11) is 0. The van der Waals surface area contributed by atoms with E-state index in [4.69, 9.17) is 16.7 Å². The van der Waals surface area contributed by atoms with Crippen molar-refractivity contribution < 1.29 is 5.11 Å². The fraction of sp³-hybridized carbons (Fsp3) is 0.455. The molecular weight excluding hydrogens is 216 g/mol. The summed E-state index contributed by atoms with van der Waals surface area (Å²) >= 11 is 7.61. The molecule has 0 aliphatic carbocycles. The van der Waals surface area contributed by atoms with Gasteiger partial charge in [0.05, 0.1) is 6.10 Å². The van der Waals surface area contributed by atoms with Crippen molar-refractivity contribution >= 4 is 23.4 Å². The van der Waals surface area contributed by atoms with Gasteiger partial charge in [0.2, 0.25) is 0 Å². The summed E-state index contributed by atoms with van der Waals surface area (Å²) in [6, 6.07) is 7.90. The molecule has 0 radical (unpaired) electrons. The fourth-order valence-corrected chi connectivity index (χ4v) is 2.23. The van der Waals surface area contributed by atoms with Gasteiger partial charge in [-0.15, -0.1) is 0 Å². The Morgan fingerprint density at radius 1 is 1.36 bits per heavy atom. The van der Waals surface area contributed by atoms with Crippen LogP contribution < -0.4 is 0 Å². The molecule has 0 fully saturated rings. The molecule has 1 unspecified atom stereocenters. The van der Waals surface area contributed by atoms with Crippen molar-refractivity contribution in [3.63, 3.8) is 0 Å². The van der Waals surface area contributed by atoms with Gasteiger partial charge in [0, 0.05) is 10.8 Å². The molecule has 0 heterocycles. The maximum absolute atomic E-state index is 9.06. The molecule has 0 aliphatic heterocycles. The molecule has 1 aromatic carbocycles. The number of rotatable bonds is 5. The Kier molecular flexibility index (Phi) is 5.38. The molecule has 1 nitrogen and oxygen atoms in total. The van der Waals surface area contributed by atoms with E-state index in [1.54, 1.807) is 0 Å². The van der Waals surface area contributed by atoms with Crippen molar-refractivity contribution in [1.29, 1.82) is 0 Å². The molecule has 0 bridgehead atoms. The average Bonchev–Trinajstić information content (AvgIpc) is 2.15. The Morgan fingerprint density at radius 2 is 2.00 bits per heavy atom. The van der Waals surface area contributed by atoms with Gasteiger partial charge < -0.3 is 5.11 Å². The van der Waals surface area contributed by atoms with E-state index in [2.05, 4.69) is 0 Å². The SMILES string of the molecule is CC(O)CCSCc1ccc(Cl)cc1. The highest BCUT2D eigenvalue weighted by molar-refractivity contribution is 7.98. The molecule has 14 heavy (non-hydrogen) atoms. The largest absolute Gasteiger partial charge is 0.393 e. The highest BCUT2D eigenvalue weighted by atomic mass is 35.5. The van der Waals surface area contributed by atoms with Crippen molar-refractivity contribution in [1.82, 2.24) is 0 Å². The number of aliphatic hydroxyl groups is 1. The zero-order valence-electron chi connectivity index (χ0n) is 8.24. The summed E-state index contributed by atoms with van der Waals surface area (Å²) < 4.78 is 0. The standard InChI is InChI=1S/C11H15ClOS/c1-9(13)6-7-14-8-10-2-4-11(12)5-3-10/h2-5,9,13H,6-8H2,1H3. The first-order valence-corrected chi connectivity index (χ1v) is 6.22. The van der Waals surface area contributed by atoms with E-state index < -0.39 is 0 Å². The van der Waals surface area contributed by atoms with Gasteiger partial charge in [-0.1, -0.05) is 23.7 Å². The summed E-state index contributed by atoms with van der Waals surface area (Å²) in [5.41, 5.74) is 1.28.